The Morgan fingerprint density at radius 1 is 1.00 bits per heavy atom. The third kappa shape index (κ3) is 6.33. The van der Waals surface area contributed by atoms with Crippen LogP contribution in [-0.2, 0) is 4.79 Å². The molecule has 0 heterocycles. The third-order valence-corrected chi connectivity index (χ3v) is 4.11. The minimum atomic E-state index is -0.926. The highest BCUT2D eigenvalue weighted by atomic mass is 19.1. The van der Waals surface area contributed by atoms with Crippen LogP contribution >= 0.6 is 0 Å². The van der Waals surface area contributed by atoms with Crippen molar-refractivity contribution in [2.45, 2.75) is 26.7 Å². The standard InChI is InChI=1S/C21H24F2N2O3/c1-14-5-3-6-15(2)20(14)28-12-4-7-19(26)24-10-11-25-21(27)17-9-8-16(22)13-18(17)23/h3,5-6,8-9,13H,4,7,10-12H2,1-2H3,(H,24,26)(H,25,27). The summed E-state index contributed by atoms with van der Waals surface area (Å²) in [6.07, 6.45) is 0.859. The second-order valence-corrected chi connectivity index (χ2v) is 6.40. The second kappa shape index (κ2) is 10.4. The highest BCUT2D eigenvalue weighted by molar-refractivity contribution is 5.94. The smallest absolute Gasteiger partial charge is 0.254 e. The first-order chi connectivity index (χ1) is 13.4. The molecule has 0 fully saturated rings. The molecule has 0 radical (unpaired) electrons. The maximum absolute atomic E-state index is 13.5. The number of ether oxygens (including phenoxy) is 1. The van der Waals surface area contributed by atoms with Gasteiger partial charge in [0.2, 0.25) is 5.91 Å². The van der Waals surface area contributed by atoms with Crippen LogP contribution < -0.4 is 15.4 Å². The number of amides is 2. The van der Waals surface area contributed by atoms with Crippen LogP contribution in [0.3, 0.4) is 0 Å². The molecular weight excluding hydrogens is 366 g/mol. The van der Waals surface area contributed by atoms with Crippen LogP contribution in [-0.4, -0.2) is 31.5 Å². The summed E-state index contributed by atoms with van der Waals surface area (Å²) in [5.74, 6) is -1.65. The number of nitrogens with one attached hydrogen (secondary N) is 2. The molecule has 2 amide bonds. The molecule has 0 aliphatic carbocycles. The van der Waals surface area contributed by atoms with Crippen LogP contribution in [0.25, 0.3) is 0 Å². The molecule has 0 atom stereocenters. The van der Waals surface area contributed by atoms with Gasteiger partial charge in [-0.25, -0.2) is 8.78 Å². The molecule has 0 saturated heterocycles. The van der Waals surface area contributed by atoms with E-state index in [4.69, 9.17) is 4.74 Å². The highest BCUT2D eigenvalue weighted by Crippen LogP contribution is 2.22. The minimum absolute atomic E-state index is 0.139. The van der Waals surface area contributed by atoms with Gasteiger partial charge in [-0.1, -0.05) is 18.2 Å². The molecular formula is C21H24F2N2O3. The van der Waals surface area contributed by atoms with Crippen LogP contribution in [0.4, 0.5) is 8.78 Å². The first kappa shape index (κ1) is 21.3. The van der Waals surface area contributed by atoms with Gasteiger partial charge in [-0.05, 0) is 43.5 Å². The molecule has 0 bridgehead atoms. The number of halogens is 2. The van der Waals surface area contributed by atoms with Crippen molar-refractivity contribution in [3.05, 3.63) is 64.7 Å². The number of carbonyl (C=O) groups is 2. The molecule has 2 aromatic carbocycles. The summed E-state index contributed by atoms with van der Waals surface area (Å²) in [6.45, 7) is 4.73. The van der Waals surface area contributed by atoms with Gasteiger partial charge in [0, 0.05) is 25.6 Å². The molecule has 150 valence electrons. The summed E-state index contributed by atoms with van der Waals surface area (Å²) in [6, 6.07) is 8.66. The molecule has 2 N–H and O–H groups in total. The van der Waals surface area contributed by atoms with Gasteiger partial charge in [0.15, 0.2) is 0 Å². The fraction of sp³-hybridized carbons (Fsp3) is 0.333. The zero-order valence-corrected chi connectivity index (χ0v) is 16.0. The second-order valence-electron chi connectivity index (χ2n) is 6.40. The van der Waals surface area contributed by atoms with Crippen LogP contribution in [0.15, 0.2) is 36.4 Å². The maximum atomic E-state index is 13.5. The van der Waals surface area contributed by atoms with Gasteiger partial charge >= 0.3 is 0 Å². The highest BCUT2D eigenvalue weighted by Gasteiger charge is 2.12. The Balaban J connectivity index is 1.62. The summed E-state index contributed by atoms with van der Waals surface area (Å²) in [5, 5.41) is 5.15. The summed E-state index contributed by atoms with van der Waals surface area (Å²) in [4.78, 5) is 23.6. The molecule has 5 nitrogen and oxygen atoms in total. The first-order valence-electron chi connectivity index (χ1n) is 9.07. The SMILES string of the molecule is Cc1cccc(C)c1OCCCC(=O)NCCNC(=O)c1ccc(F)cc1F. The monoisotopic (exact) mass is 390 g/mol. The molecule has 0 saturated carbocycles. The lowest BCUT2D eigenvalue weighted by Gasteiger charge is -2.12. The fourth-order valence-electron chi connectivity index (χ4n) is 2.67. The van der Waals surface area contributed by atoms with Crippen LogP contribution in [0, 0.1) is 25.5 Å². The first-order valence-corrected chi connectivity index (χ1v) is 9.07. The third-order valence-electron chi connectivity index (χ3n) is 4.11. The normalized spacial score (nSPS) is 10.4. The molecule has 0 aliphatic heterocycles. The quantitative estimate of drug-likeness (QED) is 0.646. The van der Waals surface area contributed by atoms with Crippen LogP contribution in [0.2, 0.25) is 0 Å². The summed E-state index contributed by atoms with van der Waals surface area (Å²) in [5.41, 5.74) is 1.87. The number of carbonyl (C=O) groups excluding carboxylic acids is 2. The summed E-state index contributed by atoms with van der Waals surface area (Å²) in [7, 11) is 0. The molecule has 0 spiro atoms. The average molecular weight is 390 g/mol. The van der Waals surface area contributed by atoms with Crippen molar-refractivity contribution in [2.24, 2.45) is 0 Å². The summed E-state index contributed by atoms with van der Waals surface area (Å²) < 4.78 is 32.1. The van der Waals surface area contributed by atoms with E-state index in [2.05, 4.69) is 10.6 Å². The van der Waals surface area contributed by atoms with Crippen molar-refractivity contribution in [1.82, 2.24) is 10.6 Å². The molecule has 0 unspecified atom stereocenters. The van der Waals surface area contributed by atoms with Gasteiger partial charge < -0.3 is 15.4 Å². The van der Waals surface area contributed by atoms with E-state index in [0.29, 0.717) is 25.5 Å². The number of para-hydroxylation sites is 1. The van der Waals surface area contributed by atoms with E-state index < -0.39 is 17.5 Å². The molecule has 28 heavy (non-hydrogen) atoms. The van der Waals surface area contributed by atoms with Crippen molar-refractivity contribution < 1.29 is 23.1 Å². The maximum Gasteiger partial charge on any atom is 0.254 e. The van der Waals surface area contributed by atoms with Gasteiger partial charge in [0.25, 0.3) is 5.91 Å². The van der Waals surface area contributed by atoms with Gasteiger partial charge in [-0.3, -0.25) is 9.59 Å². The Morgan fingerprint density at radius 3 is 2.36 bits per heavy atom. The van der Waals surface area contributed by atoms with Gasteiger partial charge in [0.05, 0.1) is 12.2 Å². The number of hydrogen-bond acceptors (Lipinski definition) is 3. The van der Waals surface area contributed by atoms with Crippen molar-refractivity contribution >= 4 is 11.8 Å². The Bertz CT molecular complexity index is 820. The number of benzene rings is 2. The zero-order valence-electron chi connectivity index (χ0n) is 16.0. The number of rotatable bonds is 9. The number of hydrogen-bond donors (Lipinski definition) is 2. The van der Waals surface area contributed by atoms with E-state index in [-0.39, 0.29) is 24.6 Å². The van der Waals surface area contributed by atoms with E-state index in [1.54, 1.807) is 0 Å². The topological polar surface area (TPSA) is 67.4 Å². The minimum Gasteiger partial charge on any atom is -0.493 e. The lowest BCUT2D eigenvalue weighted by molar-refractivity contribution is -0.121. The molecule has 2 rings (SSSR count). The lowest BCUT2D eigenvalue weighted by atomic mass is 10.1. The Labute approximate surface area is 163 Å². The van der Waals surface area contributed by atoms with E-state index in [0.717, 1.165) is 29.0 Å². The van der Waals surface area contributed by atoms with E-state index in [9.17, 15) is 18.4 Å². The molecule has 0 aromatic heterocycles. The van der Waals surface area contributed by atoms with Crippen molar-refractivity contribution in [2.75, 3.05) is 19.7 Å². The zero-order chi connectivity index (χ0) is 20.5. The number of aryl methyl sites for hydroxylation is 2. The largest absolute Gasteiger partial charge is 0.493 e. The van der Waals surface area contributed by atoms with Gasteiger partial charge in [-0.2, -0.15) is 0 Å². The van der Waals surface area contributed by atoms with Crippen molar-refractivity contribution in [3.63, 3.8) is 0 Å². The predicted molar refractivity (Wildman–Crippen MR) is 102 cm³/mol. The fourth-order valence-corrected chi connectivity index (χ4v) is 2.67. The molecule has 2 aromatic rings. The van der Waals surface area contributed by atoms with Crippen LogP contribution in [0.1, 0.15) is 34.3 Å². The van der Waals surface area contributed by atoms with Gasteiger partial charge in [-0.15, -0.1) is 0 Å². The summed E-state index contributed by atoms with van der Waals surface area (Å²) >= 11 is 0. The average Bonchev–Trinajstić information content (AvgIpc) is 2.64. The Kier molecular flexibility index (Phi) is 7.92. The predicted octanol–water partition coefficient (Wildman–Crippen LogP) is 3.29. The molecule has 7 heteroatoms. The van der Waals surface area contributed by atoms with Crippen molar-refractivity contribution in [1.29, 1.82) is 0 Å². The van der Waals surface area contributed by atoms with E-state index >= 15 is 0 Å². The Hall–Kier alpha value is -2.96. The lowest BCUT2D eigenvalue weighted by Crippen LogP contribution is -2.35. The molecule has 0 aliphatic rings. The van der Waals surface area contributed by atoms with E-state index in [1.807, 2.05) is 32.0 Å². The van der Waals surface area contributed by atoms with E-state index in [1.165, 1.54) is 0 Å². The van der Waals surface area contributed by atoms with Crippen molar-refractivity contribution in [3.8, 4) is 5.75 Å². The van der Waals surface area contributed by atoms with Crippen LogP contribution in [0.5, 0.6) is 5.75 Å². The Morgan fingerprint density at radius 2 is 1.68 bits per heavy atom. The van der Waals surface area contributed by atoms with Gasteiger partial charge in [0.1, 0.15) is 17.4 Å².